The van der Waals surface area contributed by atoms with E-state index < -0.39 is 15.3 Å². The molecular weight excluding hydrogens is 312 g/mol. The lowest BCUT2D eigenvalue weighted by Gasteiger charge is -2.17. The van der Waals surface area contributed by atoms with Gasteiger partial charge < -0.3 is 4.74 Å². The van der Waals surface area contributed by atoms with Crippen molar-refractivity contribution in [2.75, 3.05) is 0 Å². The normalized spacial score (nSPS) is 14.7. The molecule has 0 radical (unpaired) electrons. The zero-order chi connectivity index (χ0) is 16.3. The van der Waals surface area contributed by atoms with E-state index in [4.69, 9.17) is 4.74 Å². The van der Waals surface area contributed by atoms with Crippen molar-refractivity contribution >= 4 is 21.9 Å². The molecule has 0 bridgehead atoms. The number of fused-ring (bicyclic) bond motifs is 1. The van der Waals surface area contributed by atoms with Crippen molar-refractivity contribution in [1.82, 2.24) is 0 Å². The Morgan fingerprint density at radius 1 is 1.04 bits per heavy atom. The molecule has 1 atom stereocenters. The van der Waals surface area contributed by atoms with Gasteiger partial charge in [0.25, 0.3) is 6.47 Å². The van der Waals surface area contributed by atoms with Gasteiger partial charge in [-0.1, -0.05) is 48.5 Å². The SMILES string of the molecule is O=COC(CC1=CCc2ccccc21)S(=O)(=O)c1ccccc1. The van der Waals surface area contributed by atoms with E-state index in [1.165, 1.54) is 12.1 Å². The van der Waals surface area contributed by atoms with Crippen molar-refractivity contribution in [2.24, 2.45) is 0 Å². The Balaban J connectivity index is 1.91. The molecule has 2 aromatic carbocycles. The Hall–Kier alpha value is -2.40. The predicted octanol–water partition coefficient (Wildman–Crippen LogP) is 2.99. The number of rotatable bonds is 6. The van der Waals surface area contributed by atoms with Gasteiger partial charge in [0.1, 0.15) is 0 Å². The number of carbonyl (C=O) groups excluding carboxylic acids is 1. The molecule has 0 spiro atoms. The molecule has 0 amide bonds. The molecule has 0 aromatic heterocycles. The number of sulfone groups is 1. The highest BCUT2D eigenvalue weighted by Gasteiger charge is 2.31. The summed E-state index contributed by atoms with van der Waals surface area (Å²) in [6.45, 7) is 0.201. The summed E-state index contributed by atoms with van der Waals surface area (Å²) < 4.78 is 30.4. The molecule has 23 heavy (non-hydrogen) atoms. The van der Waals surface area contributed by atoms with Crippen molar-refractivity contribution in [1.29, 1.82) is 0 Å². The highest BCUT2D eigenvalue weighted by Crippen LogP contribution is 2.33. The first-order valence-electron chi connectivity index (χ1n) is 7.28. The van der Waals surface area contributed by atoms with E-state index in [-0.39, 0.29) is 17.8 Å². The summed E-state index contributed by atoms with van der Waals surface area (Å²) in [6.07, 6.45) is 2.91. The number of hydrogen-bond donors (Lipinski definition) is 0. The largest absolute Gasteiger partial charge is 0.447 e. The molecule has 0 saturated carbocycles. The summed E-state index contributed by atoms with van der Waals surface area (Å²) in [7, 11) is -3.75. The molecule has 0 fully saturated rings. The number of ether oxygens (including phenoxy) is 1. The maximum absolute atomic E-state index is 12.7. The molecule has 0 N–H and O–H groups in total. The molecule has 0 saturated heterocycles. The molecule has 4 nitrogen and oxygen atoms in total. The molecule has 1 unspecified atom stereocenters. The van der Waals surface area contributed by atoms with Gasteiger partial charge in [-0.25, -0.2) is 8.42 Å². The van der Waals surface area contributed by atoms with Gasteiger partial charge in [-0.2, -0.15) is 0 Å². The van der Waals surface area contributed by atoms with Crippen LogP contribution in [0.4, 0.5) is 0 Å². The van der Waals surface area contributed by atoms with Crippen LogP contribution in [-0.4, -0.2) is 20.3 Å². The summed E-state index contributed by atoms with van der Waals surface area (Å²) in [5.41, 5.74) is 1.85. The number of hydrogen-bond acceptors (Lipinski definition) is 4. The highest BCUT2D eigenvalue weighted by molar-refractivity contribution is 7.92. The second-order valence-electron chi connectivity index (χ2n) is 5.31. The standard InChI is InChI=1S/C18H16O4S/c19-13-22-18(23(20,21)16-7-2-1-3-8-16)12-15-11-10-14-6-4-5-9-17(14)15/h1-9,11,13,18H,10,12H2. The highest BCUT2D eigenvalue weighted by atomic mass is 32.2. The maximum Gasteiger partial charge on any atom is 0.294 e. The van der Waals surface area contributed by atoms with Crippen molar-refractivity contribution in [3.05, 3.63) is 71.8 Å². The van der Waals surface area contributed by atoms with Crippen LogP contribution in [0.2, 0.25) is 0 Å². The van der Waals surface area contributed by atoms with Crippen LogP contribution in [0.5, 0.6) is 0 Å². The Morgan fingerprint density at radius 3 is 2.48 bits per heavy atom. The van der Waals surface area contributed by atoms with Crippen molar-refractivity contribution in [3.63, 3.8) is 0 Å². The van der Waals surface area contributed by atoms with Gasteiger partial charge >= 0.3 is 0 Å². The van der Waals surface area contributed by atoms with Crippen LogP contribution in [0, 0.1) is 0 Å². The summed E-state index contributed by atoms with van der Waals surface area (Å²) in [5, 5.41) is 0. The third kappa shape index (κ3) is 3.05. The molecule has 1 aliphatic carbocycles. The van der Waals surface area contributed by atoms with Gasteiger partial charge in [0.2, 0.25) is 15.3 Å². The fourth-order valence-electron chi connectivity index (χ4n) is 2.78. The molecule has 118 valence electrons. The van der Waals surface area contributed by atoms with Crippen molar-refractivity contribution in [3.8, 4) is 0 Å². The number of allylic oxidation sites excluding steroid dienone is 1. The van der Waals surface area contributed by atoms with E-state index in [9.17, 15) is 13.2 Å². The van der Waals surface area contributed by atoms with Gasteiger partial charge in [0.05, 0.1) is 4.90 Å². The van der Waals surface area contributed by atoms with E-state index in [2.05, 4.69) is 0 Å². The minimum atomic E-state index is -3.75. The third-order valence-corrected chi connectivity index (χ3v) is 5.84. The average Bonchev–Trinajstić information content (AvgIpc) is 2.98. The van der Waals surface area contributed by atoms with Crippen molar-refractivity contribution in [2.45, 2.75) is 23.2 Å². The van der Waals surface area contributed by atoms with Gasteiger partial charge in [-0.15, -0.1) is 0 Å². The quantitative estimate of drug-likeness (QED) is 0.765. The van der Waals surface area contributed by atoms with E-state index in [1.807, 2.05) is 30.3 Å². The van der Waals surface area contributed by atoms with Crippen LogP contribution in [0.25, 0.3) is 5.57 Å². The minimum absolute atomic E-state index is 0.146. The van der Waals surface area contributed by atoms with E-state index in [1.54, 1.807) is 18.2 Å². The first kappa shape index (κ1) is 15.5. The van der Waals surface area contributed by atoms with Crippen LogP contribution in [-0.2, 0) is 25.8 Å². The van der Waals surface area contributed by atoms with E-state index in [0.717, 1.165) is 23.1 Å². The first-order chi connectivity index (χ1) is 11.1. The van der Waals surface area contributed by atoms with Crippen LogP contribution in [0.15, 0.2) is 65.6 Å². The molecule has 1 aliphatic rings. The fraction of sp³-hybridized carbons (Fsp3) is 0.167. The van der Waals surface area contributed by atoms with Gasteiger partial charge in [0.15, 0.2) is 0 Å². The predicted molar refractivity (Wildman–Crippen MR) is 87.3 cm³/mol. The minimum Gasteiger partial charge on any atom is -0.447 e. The molecule has 2 aromatic rings. The van der Waals surface area contributed by atoms with Gasteiger partial charge in [-0.3, -0.25) is 4.79 Å². The first-order valence-corrected chi connectivity index (χ1v) is 8.83. The Labute approximate surface area is 135 Å². The monoisotopic (exact) mass is 328 g/mol. The zero-order valence-corrected chi connectivity index (χ0v) is 13.2. The fourth-order valence-corrected chi connectivity index (χ4v) is 4.21. The lowest BCUT2D eigenvalue weighted by Crippen LogP contribution is -2.24. The average molecular weight is 328 g/mol. The molecular formula is C18H16O4S. The Morgan fingerprint density at radius 2 is 1.74 bits per heavy atom. The van der Waals surface area contributed by atoms with Crippen LogP contribution < -0.4 is 0 Å². The zero-order valence-electron chi connectivity index (χ0n) is 12.4. The van der Waals surface area contributed by atoms with Crippen LogP contribution in [0.3, 0.4) is 0 Å². The maximum atomic E-state index is 12.7. The molecule has 0 heterocycles. The second kappa shape index (κ2) is 6.38. The lowest BCUT2D eigenvalue weighted by molar-refractivity contribution is -0.130. The summed E-state index contributed by atoms with van der Waals surface area (Å²) in [4.78, 5) is 11.0. The topological polar surface area (TPSA) is 60.4 Å². The van der Waals surface area contributed by atoms with Crippen molar-refractivity contribution < 1.29 is 17.9 Å². The molecule has 5 heteroatoms. The summed E-state index contributed by atoms with van der Waals surface area (Å²) in [6, 6.07) is 15.9. The lowest BCUT2D eigenvalue weighted by atomic mass is 10.0. The summed E-state index contributed by atoms with van der Waals surface area (Å²) >= 11 is 0. The number of carbonyl (C=O) groups is 1. The Kier molecular flexibility index (Phi) is 4.30. The molecule has 0 aliphatic heterocycles. The van der Waals surface area contributed by atoms with E-state index >= 15 is 0 Å². The summed E-state index contributed by atoms with van der Waals surface area (Å²) in [5.74, 6) is 0. The third-order valence-electron chi connectivity index (χ3n) is 3.94. The van der Waals surface area contributed by atoms with Gasteiger partial charge in [0, 0.05) is 6.42 Å². The van der Waals surface area contributed by atoms with Crippen LogP contribution in [0.1, 0.15) is 17.5 Å². The van der Waals surface area contributed by atoms with Gasteiger partial charge in [-0.05, 0) is 35.3 Å². The smallest absolute Gasteiger partial charge is 0.294 e. The number of benzene rings is 2. The second-order valence-corrected chi connectivity index (χ2v) is 7.40. The molecule has 3 rings (SSSR count). The van der Waals surface area contributed by atoms with Crippen LogP contribution >= 0.6 is 0 Å². The Bertz CT molecular complexity index is 838. The van der Waals surface area contributed by atoms with E-state index in [0.29, 0.717) is 0 Å².